The molecule has 2 rings (SSSR count). The molecule has 0 bridgehead atoms. The Labute approximate surface area is 149 Å². The fourth-order valence-electron chi connectivity index (χ4n) is 2.11. The molecule has 0 saturated heterocycles. The van der Waals surface area contributed by atoms with Gasteiger partial charge in [-0.25, -0.2) is 4.98 Å². The summed E-state index contributed by atoms with van der Waals surface area (Å²) in [7, 11) is 0. The van der Waals surface area contributed by atoms with Gasteiger partial charge < -0.3 is 15.6 Å². The minimum atomic E-state index is 0. The highest BCUT2D eigenvalue weighted by Crippen LogP contribution is 2.06. The summed E-state index contributed by atoms with van der Waals surface area (Å²) < 4.78 is 2.15. The first-order chi connectivity index (χ1) is 10.1. The van der Waals surface area contributed by atoms with Crippen molar-refractivity contribution in [1.82, 2.24) is 14.9 Å². The Hall–Kier alpha value is -1.57. The third-order valence-corrected chi connectivity index (χ3v) is 3.05. The molecule has 0 unspecified atom stereocenters. The van der Waals surface area contributed by atoms with Gasteiger partial charge in [0.05, 0.1) is 0 Å². The van der Waals surface area contributed by atoms with Crippen molar-refractivity contribution in [3.63, 3.8) is 0 Å². The van der Waals surface area contributed by atoms with Crippen LogP contribution in [0.3, 0.4) is 0 Å². The molecule has 0 saturated carbocycles. The summed E-state index contributed by atoms with van der Waals surface area (Å²) in [5.74, 6) is 1.52. The molecule has 0 fully saturated rings. The van der Waals surface area contributed by atoms with Crippen molar-refractivity contribution in [2.75, 3.05) is 6.54 Å². The van der Waals surface area contributed by atoms with E-state index in [1.807, 2.05) is 32.3 Å². The predicted octanol–water partition coefficient (Wildman–Crippen LogP) is 2.40. The monoisotopic (exact) mass is 413 g/mol. The van der Waals surface area contributed by atoms with E-state index in [0.717, 1.165) is 18.8 Å². The second-order valence-corrected chi connectivity index (χ2v) is 5.27. The lowest BCUT2D eigenvalue weighted by atomic mass is 10.2. The number of nitrogens with one attached hydrogen (secondary N) is 1. The average molecular weight is 413 g/mol. The molecule has 0 aliphatic heterocycles. The molecule has 22 heavy (non-hydrogen) atoms. The van der Waals surface area contributed by atoms with Crippen LogP contribution in [-0.2, 0) is 13.0 Å². The summed E-state index contributed by atoms with van der Waals surface area (Å²) in [6.45, 7) is 5.54. The highest BCUT2D eigenvalue weighted by atomic mass is 127. The molecule has 0 radical (unpaired) electrons. The number of hydrogen-bond acceptors (Lipinski definition) is 2. The number of rotatable bonds is 6. The van der Waals surface area contributed by atoms with Crippen molar-refractivity contribution in [2.24, 2.45) is 10.7 Å². The van der Waals surface area contributed by atoms with Crippen molar-refractivity contribution in [1.29, 1.82) is 0 Å². The van der Waals surface area contributed by atoms with Crippen LogP contribution >= 0.6 is 24.0 Å². The zero-order chi connectivity index (χ0) is 15.1. The number of hydrogen-bond donors (Lipinski definition) is 2. The van der Waals surface area contributed by atoms with Crippen molar-refractivity contribution in [3.05, 3.63) is 54.1 Å². The maximum atomic E-state index is 5.79. The first-order valence-electron chi connectivity index (χ1n) is 7.25. The van der Waals surface area contributed by atoms with Crippen LogP contribution in [0.25, 0.3) is 0 Å². The van der Waals surface area contributed by atoms with E-state index in [1.165, 1.54) is 5.56 Å². The van der Waals surface area contributed by atoms with Crippen molar-refractivity contribution in [3.8, 4) is 0 Å². The summed E-state index contributed by atoms with van der Waals surface area (Å²) in [6.07, 6.45) is 4.61. The topological polar surface area (TPSA) is 68.2 Å². The van der Waals surface area contributed by atoms with Gasteiger partial charge in [0.25, 0.3) is 0 Å². The molecular formula is C16H24IN5. The second kappa shape index (κ2) is 9.45. The third kappa shape index (κ3) is 6.05. The molecule has 6 heteroatoms. The summed E-state index contributed by atoms with van der Waals surface area (Å²) in [5.41, 5.74) is 7.05. The number of nitrogens with two attached hydrogens (primary N) is 1. The quantitative estimate of drug-likeness (QED) is 0.434. The molecule has 0 atom stereocenters. The van der Waals surface area contributed by atoms with E-state index < -0.39 is 0 Å². The van der Waals surface area contributed by atoms with Gasteiger partial charge in [-0.15, -0.1) is 24.0 Å². The van der Waals surface area contributed by atoms with E-state index in [2.05, 4.69) is 44.1 Å². The van der Waals surface area contributed by atoms with Crippen LogP contribution < -0.4 is 11.1 Å². The molecule has 2 aromatic rings. The van der Waals surface area contributed by atoms with E-state index in [-0.39, 0.29) is 24.0 Å². The number of guanidine groups is 1. The lowest BCUT2D eigenvalue weighted by Crippen LogP contribution is -2.36. The molecule has 0 aliphatic carbocycles. The Kier molecular flexibility index (Phi) is 7.94. The Morgan fingerprint density at radius 3 is 2.73 bits per heavy atom. The van der Waals surface area contributed by atoms with Gasteiger partial charge in [0.1, 0.15) is 5.82 Å². The maximum absolute atomic E-state index is 5.79. The molecule has 0 aliphatic rings. The number of aromatic nitrogens is 2. The maximum Gasteiger partial charge on any atom is 0.188 e. The molecule has 3 N–H and O–H groups in total. The predicted molar refractivity (Wildman–Crippen MR) is 102 cm³/mol. The molecular weight excluding hydrogens is 389 g/mol. The third-order valence-electron chi connectivity index (χ3n) is 3.05. The van der Waals surface area contributed by atoms with Gasteiger partial charge in [-0.05, 0) is 19.4 Å². The van der Waals surface area contributed by atoms with Crippen LogP contribution in [-0.4, -0.2) is 28.1 Å². The van der Waals surface area contributed by atoms with Crippen LogP contribution in [0, 0.1) is 0 Å². The lowest BCUT2D eigenvalue weighted by Gasteiger charge is -2.09. The Bertz CT molecular complexity index is 577. The molecule has 120 valence electrons. The van der Waals surface area contributed by atoms with Crippen LogP contribution in [0.2, 0.25) is 0 Å². The Morgan fingerprint density at radius 1 is 1.32 bits per heavy atom. The van der Waals surface area contributed by atoms with Gasteiger partial charge in [0.15, 0.2) is 5.96 Å². The summed E-state index contributed by atoms with van der Waals surface area (Å²) in [4.78, 5) is 8.72. The molecule has 1 aromatic carbocycles. The number of benzene rings is 1. The number of imidazole rings is 1. The van der Waals surface area contributed by atoms with Gasteiger partial charge in [0, 0.05) is 37.9 Å². The highest BCUT2D eigenvalue weighted by Gasteiger charge is 2.03. The largest absolute Gasteiger partial charge is 0.370 e. The molecule has 1 aromatic heterocycles. The zero-order valence-corrected chi connectivity index (χ0v) is 15.4. The minimum absolute atomic E-state index is 0. The van der Waals surface area contributed by atoms with Crippen LogP contribution in [0.15, 0.2) is 47.7 Å². The summed E-state index contributed by atoms with van der Waals surface area (Å²) >= 11 is 0. The van der Waals surface area contributed by atoms with Crippen LogP contribution in [0.1, 0.15) is 25.2 Å². The van der Waals surface area contributed by atoms with Gasteiger partial charge in [-0.1, -0.05) is 30.3 Å². The second-order valence-electron chi connectivity index (χ2n) is 5.27. The molecule has 0 amide bonds. The number of halogens is 1. The van der Waals surface area contributed by atoms with E-state index in [0.29, 0.717) is 18.5 Å². The summed E-state index contributed by atoms with van der Waals surface area (Å²) in [6, 6.07) is 10.7. The lowest BCUT2D eigenvalue weighted by molar-refractivity contribution is 0.705. The van der Waals surface area contributed by atoms with Crippen molar-refractivity contribution >= 4 is 29.9 Å². The van der Waals surface area contributed by atoms with Crippen LogP contribution in [0.4, 0.5) is 0 Å². The fraction of sp³-hybridized carbons (Fsp3) is 0.375. The smallest absolute Gasteiger partial charge is 0.188 e. The average Bonchev–Trinajstić information content (AvgIpc) is 2.86. The normalized spacial score (nSPS) is 11.3. The van der Waals surface area contributed by atoms with Crippen molar-refractivity contribution in [2.45, 2.75) is 32.9 Å². The standard InChI is InChI=1S/C16H23N5.HI/c1-13(2)20-16(17)19-9-8-15-18-10-11-21(15)12-14-6-4-3-5-7-14;/h3-7,10-11,13H,8-9,12H2,1-2H3,(H3,17,19,20);1H. The Balaban J connectivity index is 0.00000242. The van der Waals surface area contributed by atoms with E-state index in [4.69, 9.17) is 5.73 Å². The van der Waals surface area contributed by atoms with Gasteiger partial charge in [0.2, 0.25) is 0 Å². The highest BCUT2D eigenvalue weighted by molar-refractivity contribution is 14.0. The van der Waals surface area contributed by atoms with E-state index >= 15 is 0 Å². The molecule has 1 heterocycles. The molecule has 0 spiro atoms. The first kappa shape index (κ1) is 18.5. The van der Waals surface area contributed by atoms with Gasteiger partial charge in [-0.3, -0.25) is 4.99 Å². The number of aliphatic imine (C=N–C) groups is 1. The van der Waals surface area contributed by atoms with E-state index in [9.17, 15) is 0 Å². The zero-order valence-electron chi connectivity index (χ0n) is 13.1. The minimum Gasteiger partial charge on any atom is -0.370 e. The molecule has 5 nitrogen and oxygen atoms in total. The SMILES string of the molecule is CC(C)NC(N)=NCCc1nccn1Cc1ccccc1.I. The van der Waals surface area contributed by atoms with Crippen LogP contribution in [0.5, 0.6) is 0 Å². The summed E-state index contributed by atoms with van der Waals surface area (Å²) in [5, 5.41) is 3.08. The van der Waals surface area contributed by atoms with Gasteiger partial charge in [-0.2, -0.15) is 0 Å². The number of nitrogens with zero attached hydrogens (tertiary/aromatic N) is 3. The van der Waals surface area contributed by atoms with E-state index in [1.54, 1.807) is 0 Å². The Morgan fingerprint density at radius 2 is 2.05 bits per heavy atom. The van der Waals surface area contributed by atoms with Crippen molar-refractivity contribution < 1.29 is 0 Å². The van der Waals surface area contributed by atoms with Gasteiger partial charge >= 0.3 is 0 Å². The first-order valence-corrected chi connectivity index (χ1v) is 7.25. The fourth-order valence-corrected chi connectivity index (χ4v) is 2.11.